The number of benzene rings is 1. The van der Waals surface area contributed by atoms with Crippen LogP contribution in [0.5, 0.6) is 5.75 Å². The van der Waals surface area contributed by atoms with Crippen molar-refractivity contribution in [1.29, 1.82) is 0 Å². The van der Waals surface area contributed by atoms with E-state index in [-0.39, 0.29) is 6.42 Å². The quantitative estimate of drug-likeness (QED) is 0.737. The summed E-state index contributed by atoms with van der Waals surface area (Å²) in [6, 6.07) is 4.84. The smallest absolute Gasteiger partial charge is 0.338 e. The number of ether oxygens (including phenoxy) is 3. The van der Waals surface area contributed by atoms with Gasteiger partial charge in [0.2, 0.25) is 0 Å². The second-order valence-electron chi connectivity index (χ2n) is 3.27. The minimum absolute atomic E-state index is 0.0188. The molecule has 0 aliphatic carbocycles. The fraction of sp³-hybridized carbons (Fsp3) is 0.333. The van der Waals surface area contributed by atoms with Gasteiger partial charge in [0.05, 0.1) is 33.3 Å². The van der Waals surface area contributed by atoms with Gasteiger partial charge in [0.15, 0.2) is 0 Å². The van der Waals surface area contributed by atoms with Crippen LogP contribution in [0.3, 0.4) is 0 Å². The Bertz CT molecular complexity index is 425. The molecular weight excluding hydrogens is 224 g/mol. The molecule has 0 saturated heterocycles. The van der Waals surface area contributed by atoms with E-state index in [0.717, 1.165) is 0 Å². The second kappa shape index (κ2) is 5.89. The molecule has 0 aromatic heterocycles. The van der Waals surface area contributed by atoms with E-state index in [1.165, 1.54) is 27.4 Å². The van der Waals surface area contributed by atoms with Gasteiger partial charge in [-0.2, -0.15) is 0 Å². The standard InChI is InChI=1S/C12H14O5/c1-15-9-5-4-8(6-11(13)16-2)10(7-9)12(14)17-3/h4-5,7H,6H2,1-3H3. The largest absolute Gasteiger partial charge is 0.497 e. The van der Waals surface area contributed by atoms with Gasteiger partial charge in [-0.25, -0.2) is 4.79 Å². The Balaban J connectivity index is 3.10. The summed E-state index contributed by atoms with van der Waals surface area (Å²) in [4.78, 5) is 22.7. The Morgan fingerprint density at radius 3 is 2.35 bits per heavy atom. The minimum atomic E-state index is -0.511. The van der Waals surface area contributed by atoms with E-state index >= 15 is 0 Å². The van der Waals surface area contributed by atoms with Gasteiger partial charge in [-0.05, 0) is 17.7 Å². The molecule has 5 nitrogen and oxygen atoms in total. The Kier molecular flexibility index (Phi) is 4.51. The van der Waals surface area contributed by atoms with Crippen LogP contribution in [0.2, 0.25) is 0 Å². The van der Waals surface area contributed by atoms with E-state index in [4.69, 9.17) is 4.74 Å². The van der Waals surface area contributed by atoms with Crippen LogP contribution in [0.1, 0.15) is 15.9 Å². The Hall–Kier alpha value is -2.04. The van der Waals surface area contributed by atoms with Crippen molar-refractivity contribution in [2.75, 3.05) is 21.3 Å². The fourth-order valence-corrected chi connectivity index (χ4v) is 1.36. The maximum atomic E-state index is 11.5. The van der Waals surface area contributed by atoms with Gasteiger partial charge < -0.3 is 14.2 Å². The highest BCUT2D eigenvalue weighted by molar-refractivity contribution is 5.93. The first-order valence-electron chi connectivity index (χ1n) is 4.94. The molecule has 0 N–H and O–H groups in total. The van der Waals surface area contributed by atoms with Crippen molar-refractivity contribution in [3.8, 4) is 5.75 Å². The van der Waals surface area contributed by atoms with Gasteiger partial charge in [-0.1, -0.05) is 6.07 Å². The highest BCUT2D eigenvalue weighted by Gasteiger charge is 2.15. The van der Waals surface area contributed by atoms with E-state index in [9.17, 15) is 9.59 Å². The van der Waals surface area contributed by atoms with Crippen molar-refractivity contribution in [3.63, 3.8) is 0 Å². The number of hydrogen-bond donors (Lipinski definition) is 0. The maximum Gasteiger partial charge on any atom is 0.338 e. The number of carbonyl (C=O) groups excluding carboxylic acids is 2. The summed E-state index contributed by atoms with van der Waals surface area (Å²) in [5, 5.41) is 0. The Labute approximate surface area is 99.3 Å². The fourth-order valence-electron chi connectivity index (χ4n) is 1.36. The van der Waals surface area contributed by atoms with Crippen molar-refractivity contribution < 1.29 is 23.8 Å². The normalized spacial score (nSPS) is 9.59. The van der Waals surface area contributed by atoms with Gasteiger partial charge in [-0.15, -0.1) is 0 Å². The number of rotatable bonds is 4. The summed E-state index contributed by atoms with van der Waals surface area (Å²) < 4.78 is 14.2. The monoisotopic (exact) mass is 238 g/mol. The molecule has 0 aliphatic heterocycles. The summed E-state index contributed by atoms with van der Waals surface area (Å²) in [5.74, 6) is -0.401. The van der Waals surface area contributed by atoms with Crippen LogP contribution in [-0.2, 0) is 20.7 Å². The molecule has 17 heavy (non-hydrogen) atoms. The predicted octanol–water partition coefficient (Wildman–Crippen LogP) is 1.20. The SMILES string of the molecule is COC(=O)Cc1ccc(OC)cc1C(=O)OC. The Morgan fingerprint density at radius 2 is 1.82 bits per heavy atom. The van der Waals surface area contributed by atoms with Crippen LogP contribution in [-0.4, -0.2) is 33.3 Å². The van der Waals surface area contributed by atoms with Crippen LogP contribution in [0.4, 0.5) is 0 Å². The van der Waals surface area contributed by atoms with Crippen LogP contribution >= 0.6 is 0 Å². The lowest BCUT2D eigenvalue weighted by Crippen LogP contribution is -2.11. The number of hydrogen-bond acceptors (Lipinski definition) is 5. The zero-order valence-corrected chi connectivity index (χ0v) is 9.98. The molecule has 0 spiro atoms. The van der Waals surface area contributed by atoms with E-state index in [0.29, 0.717) is 16.9 Å². The van der Waals surface area contributed by atoms with E-state index in [1.54, 1.807) is 12.1 Å². The lowest BCUT2D eigenvalue weighted by Gasteiger charge is -2.09. The molecule has 0 unspecified atom stereocenters. The molecule has 1 aromatic rings. The summed E-state index contributed by atoms with van der Waals surface area (Å²) in [5.41, 5.74) is 0.849. The van der Waals surface area contributed by atoms with Crippen LogP contribution < -0.4 is 4.74 Å². The summed E-state index contributed by atoms with van der Waals surface area (Å²) in [6.45, 7) is 0. The summed E-state index contributed by atoms with van der Waals surface area (Å²) >= 11 is 0. The van der Waals surface area contributed by atoms with Gasteiger partial charge in [0.1, 0.15) is 5.75 Å². The third kappa shape index (κ3) is 3.21. The number of methoxy groups -OCH3 is 3. The molecule has 0 amide bonds. The molecule has 0 aliphatic rings. The maximum absolute atomic E-state index is 11.5. The zero-order chi connectivity index (χ0) is 12.8. The lowest BCUT2D eigenvalue weighted by molar-refractivity contribution is -0.139. The van der Waals surface area contributed by atoms with Gasteiger partial charge in [-0.3, -0.25) is 4.79 Å². The average Bonchev–Trinajstić information content (AvgIpc) is 2.38. The third-order valence-corrected chi connectivity index (χ3v) is 2.28. The molecular formula is C12H14O5. The average molecular weight is 238 g/mol. The first-order chi connectivity index (χ1) is 8.12. The molecule has 1 rings (SSSR count). The summed E-state index contributed by atoms with van der Waals surface area (Å²) in [6.07, 6.45) is 0.0188. The second-order valence-corrected chi connectivity index (χ2v) is 3.27. The zero-order valence-electron chi connectivity index (χ0n) is 9.98. The topological polar surface area (TPSA) is 61.8 Å². The Morgan fingerprint density at radius 1 is 1.12 bits per heavy atom. The van der Waals surface area contributed by atoms with Crippen LogP contribution in [0.15, 0.2) is 18.2 Å². The highest BCUT2D eigenvalue weighted by Crippen LogP contribution is 2.19. The van der Waals surface area contributed by atoms with Gasteiger partial charge in [0.25, 0.3) is 0 Å². The van der Waals surface area contributed by atoms with Gasteiger partial charge >= 0.3 is 11.9 Å². The molecule has 0 fully saturated rings. The van der Waals surface area contributed by atoms with E-state index < -0.39 is 11.9 Å². The van der Waals surface area contributed by atoms with Crippen molar-refractivity contribution in [1.82, 2.24) is 0 Å². The molecule has 0 atom stereocenters. The number of carbonyl (C=O) groups is 2. The first kappa shape index (κ1) is 13.0. The lowest BCUT2D eigenvalue weighted by atomic mass is 10.0. The third-order valence-electron chi connectivity index (χ3n) is 2.28. The molecule has 0 bridgehead atoms. The van der Waals surface area contributed by atoms with Crippen molar-refractivity contribution in [3.05, 3.63) is 29.3 Å². The van der Waals surface area contributed by atoms with Gasteiger partial charge in [0, 0.05) is 0 Å². The minimum Gasteiger partial charge on any atom is -0.497 e. The van der Waals surface area contributed by atoms with Crippen molar-refractivity contribution in [2.24, 2.45) is 0 Å². The predicted molar refractivity (Wildman–Crippen MR) is 60.1 cm³/mol. The summed E-state index contributed by atoms with van der Waals surface area (Å²) in [7, 11) is 4.07. The molecule has 0 heterocycles. The first-order valence-corrected chi connectivity index (χ1v) is 4.94. The van der Waals surface area contributed by atoms with Crippen molar-refractivity contribution in [2.45, 2.75) is 6.42 Å². The molecule has 92 valence electrons. The van der Waals surface area contributed by atoms with Crippen LogP contribution in [0, 0.1) is 0 Å². The highest BCUT2D eigenvalue weighted by atomic mass is 16.5. The molecule has 1 aromatic carbocycles. The van der Waals surface area contributed by atoms with E-state index in [2.05, 4.69) is 9.47 Å². The molecule has 0 saturated carbocycles. The number of esters is 2. The van der Waals surface area contributed by atoms with Crippen LogP contribution in [0.25, 0.3) is 0 Å². The van der Waals surface area contributed by atoms with E-state index in [1.807, 2.05) is 0 Å². The van der Waals surface area contributed by atoms with Crippen molar-refractivity contribution >= 4 is 11.9 Å². The molecule has 5 heteroatoms. The molecule has 0 radical (unpaired) electrons.